The first kappa shape index (κ1) is 12.6. The first-order valence-corrected chi connectivity index (χ1v) is 7.53. The van der Waals surface area contributed by atoms with Crippen LogP contribution in [0.3, 0.4) is 0 Å². The molecule has 0 saturated carbocycles. The molecule has 19 heavy (non-hydrogen) atoms. The average molecular weight is 275 g/mol. The molecule has 0 bridgehead atoms. The zero-order chi connectivity index (χ0) is 13.1. The van der Waals surface area contributed by atoms with Crippen molar-refractivity contribution < 1.29 is 4.79 Å². The molecule has 100 valence electrons. The van der Waals surface area contributed by atoms with Gasteiger partial charge in [-0.15, -0.1) is 11.3 Å². The van der Waals surface area contributed by atoms with Crippen molar-refractivity contribution in [3.63, 3.8) is 0 Å². The number of carbonyl (C=O) groups excluding carboxylic acids is 1. The molecule has 3 rings (SSSR count). The van der Waals surface area contributed by atoms with Crippen molar-refractivity contribution in [1.29, 1.82) is 0 Å². The second-order valence-corrected chi connectivity index (χ2v) is 5.87. The average Bonchev–Trinajstić information content (AvgIpc) is 3.07. The summed E-state index contributed by atoms with van der Waals surface area (Å²) in [6, 6.07) is 5.85. The van der Waals surface area contributed by atoms with Crippen LogP contribution < -0.4 is 10.6 Å². The summed E-state index contributed by atoms with van der Waals surface area (Å²) in [6.07, 6.45) is 2.77. The normalized spacial score (nSPS) is 18.8. The Hall–Kier alpha value is -1.46. The van der Waals surface area contributed by atoms with Gasteiger partial charge in [0.25, 0.3) is 0 Å². The zero-order valence-electron chi connectivity index (χ0n) is 10.7. The van der Waals surface area contributed by atoms with Gasteiger partial charge >= 0.3 is 0 Å². The minimum absolute atomic E-state index is 0.107. The second-order valence-electron chi connectivity index (χ2n) is 4.98. The molecular formula is C14H17N3OS. The molecule has 0 radical (unpaired) electrons. The van der Waals surface area contributed by atoms with Crippen molar-refractivity contribution in [2.24, 2.45) is 5.92 Å². The van der Waals surface area contributed by atoms with E-state index in [1.807, 2.05) is 23.7 Å². The van der Waals surface area contributed by atoms with Gasteiger partial charge in [-0.3, -0.25) is 4.79 Å². The molecule has 1 amide bonds. The van der Waals surface area contributed by atoms with E-state index in [1.54, 1.807) is 11.3 Å². The predicted octanol–water partition coefficient (Wildman–Crippen LogP) is 2.62. The zero-order valence-corrected chi connectivity index (χ0v) is 11.5. The Balaban J connectivity index is 1.55. The fraction of sp³-hybridized carbons (Fsp3) is 0.429. The highest BCUT2D eigenvalue weighted by atomic mass is 32.1. The van der Waals surface area contributed by atoms with E-state index >= 15 is 0 Å². The van der Waals surface area contributed by atoms with Crippen LogP contribution in [0.1, 0.15) is 19.3 Å². The molecule has 1 aromatic heterocycles. The molecule has 2 heterocycles. The maximum absolute atomic E-state index is 11.9. The van der Waals surface area contributed by atoms with Gasteiger partial charge in [0.05, 0.1) is 15.7 Å². The Morgan fingerprint density at radius 3 is 3.32 bits per heavy atom. The summed E-state index contributed by atoms with van der Waals surface area (Å²) in [5.74, 6) is 0.769. The number of hydrogen-bond donors (Lipinski definition) is 2. The van der Waals surface area contributed by atoms with Gasteiger partial charge in [-0.05, 0) is 50.0 Å². The highest BCUT2D eigenvalue weighted by Gasteiger charge is 2.15. The van der Waals surface area contributed by atoms with E-state index in [-0.39, 0.29) is 5.91 Å². The smallest absolute Gasteiger partial charge is 0.224 e. The third-order valence-electron chi connectivity index (χ3n) is 3.56. The van der Waals surface area contributed by atoms with E-state index < -0.39 is 0 Å². The molecule has 1 atom stereocenters. The van der Waals surface area contributed by atoms with Crippen molar-refractivity contribution >= 4 is 33.1 Å². The molecule has 1 unspecified atom stereocenters. The van der Waals surface area contributed by atoms with Gasteiger partial charge in [-0.2, -0.15) is 0 Å². The third-order valence-corrected chi connectivity index (χ3v) is 4.35. The van der Waals surface area contributed by atoms with Gasteiger partial charge in [0, 0.05) is 12.1 Å². The fourth-order valence-corrected chi connectivity index (χ4v) is 3.17. The van der Waals surface area contributed by atoms with Crippen LogP contribution in [-0.2, 0) is 4.79 Å². The SMILES string of the molecule is O=C(CCC1CCNC1)Nc1ccc2ncsc2c1. The minimum atomic E-state index is 0.107. The minimum Gasteiger partial charge on any atom is -0.326 e. The van der Waals surface area contributed by atoms with E-state index in [0.717, 1.165) is 35.4 Å². The second kappa shape index (κ2) is 5.67. The van der Waals surface area contributed by atoms with Crippen LogP contribution in [0.4, 0.5) is 5.69 Å². The van der Waals surface area contributed by atoms with Crippen molar-refractivity contribution in [2.75, 3.05) is 18.4 Å². The molecule has 5 heteroatoms. The standard InChI is InChI=1S/C14H17N3OS/c18-14(4-1-10-5-6-15-8-10)17-11-2-3-12-13(7-11)19-9-16-12/h2-3,7,9-10,15H,1,4-6,8H2,(H,17,18). The molecule has 0 spiro atoms. The van der Waals surface area contributed by atoms with E-state index in [1.165, 1.54) is 6.42 Å². The molecule has 2 aromatic rings. The molecule has 1 aliphatic heterocycles. The lowest BCUT2D eigenvalue weighted by molar-refractivity contribution is -0.116. The number of anilines is 1. The molecule has 1 fully saturated rings. The van der Waals surface area contributed by atoms with Crippen LogP contribution in [-0.4, -0.2) is 24.0 Å². The van der Waals surface area contributed by atoms with Gasteiger partial charge in [0.15, 0.2) is 0 Å². The third kappa shape index (κ3) is 3.11. The van der Waals surface area contributed by atoms with E-state index in [9.17, 15) is 4.79 Å². The summed E-state index contributed by atoms with van der Waals surface area (Å²) < 4.78 is 1.11. The van der Waals surface area contributed by atoms with E-state index in [4.69, 9.17) is 0 Å². The van der Waals surface area contributed by atoms with E-state index in [0.29, 0.717) is 12.3 Å². The Morgan fingerprint density at radius 2 is 2.47 bits per heavy atom. The quantitative estimate of drug-likeness (QED) is 0.902. The lowest BCUT2D eigenvalue weighted by Crippen LogP contribution is -2.14. The number of benzene rings is 1. The molecular weight excluding hydrogens is 258 g/mol. The number of thiazole rings is 1. The number of nitrogens with one attached hydrogen (secondary N) is 2. The summed E-state index contributed by atoms with van der Waals surface area (Å²) in [6.45, 7) is 2.15. The van der Waals surface area contributed by atoms with Gasteiger partial charge < -0.3 is 10.6 Å². The fourth-order valence-electron chi connectivity index (χ4n) is 2.45. The summed E-state index contributed by atoms with van der Waals surface area (Å²) in [5.41, 5.74) is 3.68. The Bertz CT molecular complexity index is 575. The van der Waals surface area contributed by atoms with Gasteiger partial charge in [-0.25, -0.2) is 4.98 Å². The van der Waals surface area contributed by atoms with Crippen molar-refractivity contribution in [1.82, 2.24) is 10.3 Å². The number of amides is 1. The number of fused-ring (bicyclic) bond motifs is 1. The summed E-state index contributed by atoms with van der Waals surface area (Å²) >= 11 is 1.59. The van der Waals surface area contributed by atoms with Crippen molar-refractivity contribution in [3.05, 3.63) is 23.7 Å². The number of carbonyl (C=O) groups is 1. The van der Waals surface area contributed by atoms with Crippen molar-refractivity contribution in [2.45, 2.75) is 19.3 Å². The van der Waals surface area contributed by atoms with E-state index in [2.05, 4.69) is 15.6 Å². The number of aromatic nitrogens is 1. The lowest BCUT2D eigenvalue weighted by atomic mass is 10.0. The van der Waals surface area contributed by atoms with Crippen LogP contribution >= 0.6 is 11.3 Å². The number of rotatable bonds is 4. The highest BCUT2D eigenvalue weighted by molar-refractivity contribution is 7.16. The topological polar surface area (TPSA) is 54.0 Å². The van der Waals surface area contributed by atoms with Crippen LogP contribution in [0.2, 0.25) is 0 Å². The molecule has 0 aliphatic carbocycles. The van der Waals surface area contributed by atoms with Gasteiger partial charge in [0.2, 0.25) is 5.91 Å². The van der Waals surface area contributed by atoms with Crippen LogP contribution in [0.15, 0.2) is 23.7 Å². The maximum atomic E-state index is 11.9. The molecule has 4 nitrogen and oxygen atoms in total. The highest BCUT2D eigenvalue weighted by Crippen LogP contribution is 2.22. The van der Waals surface area contributed by atoms with Crippen molar-refractivity contribution in [3.8, 4) is 0 Å². The molecule has 1 saturated heterocycles. The molecule has 2 N–H and O–H groups in total. The van der Waals surface area contributed by atoms with Crippen LogP contribution in [0.5, 0.6) is 0 Å². The first-order chi connectivity index (χ1) is 9.31. The Morgan fingerprint density at radius 1 is 1.53 bits per heavy atom. The first-order valence-electron chi connectivity index (χ1n) is 6.65. The monoisotopic (exact) mass is 275 g/mol. The summed E-state index contributed by atoms with van der Waals surface area (Å²) in [5, 5.41) is 6.29. The lowest BCUT2D eigenvalue weighted by Gasteiger charge is -2.08. The predicted molar refractivity (Wildman–Crippen MR) is 78.5 cm³/mol. The number of nitrogens with zero attached hydrogens (tertiary/aromatic N) is 1. The Kier molecular flexibility index (Phi) is 3.75. The van der Waals surface area contributed by atoms with Crippen LogP contribution in [0, 0.1) is 5.92 Å². The molecule has 1 aliphatic rings. The summed E-state index contributed by atoms with van der Waals surface area (Å²) in [4.78, 5) is 16.1. The largest absolute Gasteiger partial charge is 0.326 e. The Labute approximate surface area is 116 Å². The van der Waals surface area contributed by atoms with Gasteiger partial charge in [0.1, 0.15) is 0 Å². The summed E-state index contributed by atoms with van der Waals surface area (Å²) in [7, 11) is 0. The van der Waals surface area contributed by atoms with Gasteiger partial charge in [-0.1, -0.05) is 0 Å². The molecule has 1 aromatic carbocycles. The maximum Gasteiger partial charge on any atom is 0.224 e. The number of hydrogen-bond acceptors (Lipinski definition) is 4. The van der Waals surface area contributed by atoms with Crippen LogP contribution in [0.25, 0.3) is 10.2 Å².